The third-order valence-corrected chi connectivity index (χ3v) is 5.10. The SMILES string of the molecule is O=C(C(=O)N(Cc1cnc2ccccn12)C1CC1)c1c[nH]c2ccccc12. The number of amides is 1. The van der Waals surface area contributed by atoms with Gasteiger partial charge in [0.2, 0.25) is 0 Å². The summed E-state index contributed by atoms with van der Waals surface area (Å²) in [5.74, 6) is -0.915. The summed E-state index contributed by atoms with van der Waals surface area (Å²) in [6.07, 6.45) is 7.19. The highest BCUT2D eigenvalue weighted by Gasteiger charge is 2.36. The number of ketones is 1. The number of aromatic nitrogens is 3. The minimum absolute atomic E-state index is 0.126. The smallest absolute Gasteiger partial charge is 0.295 e. The van der Waals surface area contributed by atoms with Crippen LogP contribution in [-0.2, 0) is 11.3 Å². The highest BCUT2D eigenvalue weighted by Crippen LogP contribution is 2.30. The van der Waals surface area contributed by atoms with E-state index in [9.17, 15) is 9.59 Å². The third-order valence-electron chi connectivity index (χ3n) is 5.10. The third kappa shape index (κ3) is 2.70. The molecule has 0 bridgehead atoms. The molecule has 4 aromatic rings. The van der Waals surface area contributed by atoms with Crippen molar-refractivity contribution in [2.75, 3.05) is 0 Å². The first kappa shape index (κ1) is 15.8. The van der Waals surface area contributed by atoms with Gasteiger partial charge in [0, 0.05) is 29.3 Å². The van der Waals surface area contributed by atoms with Gasteiger partial charge in [0.25, 0.3) is 11.7 Å². The van der Waals surface area contributed by atoms with Gasteiger partial charge in [0.05, 0.1) is 24.0 Å². The summed E-state index contributed by atoms with van der Waals surface area (Å²) in [7, 11) is 0. The van der Waals surface area contributed by atoms with Crippen LogP contribution in [-0.4, -0.2) is 37.0 Å². The molecule has 1 N–H and O–H groups in total. The Morgan fingerprint density at radius 1 is 1.15 bits per heavy atom. The average Bonchev–Trinajstić information content (AvgIpc) is 3.33. The van der Waals surface area contributed by atoms with Gasteiger partial charge >= 0.3 is 0 Å². The van der Waals surface area contributed by atoms with Crippen LogP contribution in [0.15, 0.2) is 61.1 Å². The lowest BCUT2D eigenvalue weighted by Crippen LogP contribution is -2.38. The molecule has 0 unspecified atom stereocenters. The van der Waals surface area contributed by atoms with Crippen LogP contribution in [0.5, 0.6) is 0 Å². The zero-order valence-corrected chi connectivity index (χ0v) is 14.6. The largest absolute Gasteiger partial charge is 0.360 e. The molecule has 0 radical (unpaired) electrons. The quantitative estimate of drug-likeness (QED) is 0.440. The van der Waals surface area contributed by atoms with E-state index in [0.717, 1.165) is 35.1 Å². The first-order chi connectivity index (χ1) is 13.2. The molecule has 5 rings (SSSR count). The Morgan fingerprint density at radius 2 is 1.96 bits per heavy atom. The molecule has 1 saturated carbocycles. The summed E-state index contributed by atoms with van der Waals surface area (Å²) in [6.45, 7) is 0.378. The Hall–Kier alpha value is -3.41. The van der Waals surface area contributed by atoms with Gasteiger partial charge in [0.1, 0.15) is 5.65 Å². The van der Waals surface area contributed by atoms with Crippen molar-refractivity contribution in [2.45, 2.75) is 25.4 Å². The van der Waals surface area contributed by atoms with Gasteiger partial charge in [-0.25, -0.2) is 4.98 Å². The van der Waals surface area contributed by atoms with Crippen LogP contribution < -0.4 is 0 Å². The monoisotopic (exact) mass is 358 g/mol. The summed E-state index contributed by atoms with van der Waals surface area (Å²) in [5.41, 5.74) is 3.02. The molecule has 6 heteroatoms. The number of aromatic amines is 1. The molecular formula is C21H18N4O2. The van der Waals surface area contributed by atoms with E-state index in [1.165, 1.54) is 0 Å². The number of nitrogens with one attached hydrogen (secondary N) is 1. The Balaban J connectivity index is 1.46. The lowest BCUT2D eigenvalue weighted by molar-refractivity contribution is -0.127. The number of pyridine rings is 1. The Bertz CT molecular complexity index is 1170. The zero-order valence-electron chi connectivity index (χ0n) is 14.6. The number of nitrogens with zero attached hydrogens (tertiary/aromatic N) is 3. The van der Waals surface area contributed by atoms with Crippen molar-refractivity contribution in [1.29, 1.82) is 0 Å². The van der Waals surface area contributed by atoms with E-state index >= 15 is 0 Å². The van der Waals surface area contributed by atoms with Crippen molar-refractivity contribution in [1.82, 2.24) is 19.3 Å². The highest BCUT2D eigenvalue weighted by molar-refractivity contribution is 6.44. The highest BCUT2D eigenvalue weighted by atomic mass is 16.2. The Morgan fingerprint density at radius 3 is 2.81 bits per heavy atom. The number of carbonyl (C=O) groups excluding carboxylic acids is 2. The molecule has 134 valence electrons. The molecule has 27 heavy (non-hydrogen) atoms. The van der Waals surface area contributed by atoms with E-state index in [4.69, 9.17) is 0 Å². The molecule has 0 saturated heterocycles. The fraction of sp³-hybridized carbons (Fsp3) is 0.190. The normalized spacial score (nSPS) is 13.9. The second-order valence-corrected chi connectivity index (χ2v) is 6.92. The number of fused-ring (bicyclic) bond motifs is 2. The molecule has 0 spiro atoms. The minimum Gasteiger partial charge on any atom is -0.360 e. The summed E-state index contributed by atoms with van der Waals surface area (Å²) in [5, 5.41) is 0.779. The van der Waals surface area contributed by atoms with Crippen molar-refractivity contribution in [3.63, 3.8) is 0 Å². The summed E-state index contributed by atoms with van der Waals surface area (Å²) >= 11 is 0. The number of rotatable bonds is 5. The van der Waals surface area contributed by atoms with E-state index in [1.807, 2.05) is 53.1 Å². The molecule has 1 amide bonds. The molecule has 1 aromatic carbocycles. The van der Waals surface area contributed by atoms with Crippen LogP contribution in [0.2, 0.25) is 0 Å². The maximum absolute atomic E-state index is 13.1. The van der Waals surface area contributed by atoms with Gasteiger partial charge in [-0.3, -0.25) is 9.59 Å². The molecule has 0 atom stereocenters. The van der Waals surface area contributed by atoms with Gasteiger partial charge in [-0.2, -0.15) is 0 Å². The number of para-hydroxylation sites is 1. The number of hydrogen-bond acceptors (Lipinski definition) is 3. The minimum atomic E-state index is -0.465. The van der Waals surface area contributed by atoms with Crippen molar-refractivity contribution in [3.05, 3.63) is 72.3 Å². The number of H-pyrrole nitrogens is 1. The van der Waals surface area contributed by atoms with E-state index in [0.29, 0.717) is 12.1 Å². The molecule has 1 aliphatic rings. The zero-order chi connectivity index (χ0) is 18.4. The van der Waals surface area contributed by atoms with E-state index < -0.39 is 11.7 Å². The van der Waals surface area contributed by atoms with Crippen molar-refractivity contribution < 1.29 is 9.59 Å². The van der Waals surface area contributed by atoms with Gasteiger partial charge in [-0.05, 0) is 31.0 Å². The fourth-order valence-corrected chi connectivity index (χ4v) is 3.53. The second kappa shape index (κ2) is 6.09. The maximum atomic E-state index is 13.1. The molecular weight excluding hydrogens is 340 g/mol. The van der Waals surface area contributed by atoms with Crippen LogP contribution in [0.4, 0.5) is 0 Å². The summed E-state index contributed by atoms with van der Waals surface area (Å²) in [6, 6.07) is 13.4. The first-order valence-electron chi connectivity index (χ1n) is 9.05. The second-order valence-electron chi connectivity index (χ2n) is 6.92. The lowest BCUT2D eigenvalue weighted by Gasteiger charge is -2.21. The molecule has 6 nitrogen and oxygen atoms in total. The number of hydrogen-bond donors (Lipinski definition) is 1. The molecule has 3 heterocycles. The predicted molar refractivity (Wildman–Crippen MR) is 101 cm³/mol. The molecule has 0 aliphatic heterocycles. The van der Waals surface area contributed by atoms with Crippen molar-refractivity contribution >= 4 is 28.2 Å². The van der Waals surface area contributed by atoms with Crippen molar-refractivity contribution in [2.24, 2.45) is 0 Å². The predicted octanol–water partition coefficient (Wildman–Crippen LogP) is 3.19. The van der Waals surface area contributed by atoms with Crippen LogP contribution in [0.1, 0.15) is 28.9 Å². The standard InChI is InChI=1S/C21H18N4O2/c26-20(17-12-22-18-6-2-1-5-16(17)18)21(27)25(14-8-9-14)13-15-11-23-19-7-3-4-10-24(15)19/h1-7,10-12,14,22H,8-9,13H2. The lowest BCUT2D eigenvalue weighted by atomic mass is 10.1. The van der Waals surface area contributed by atoms with Gasteiger partial charge in [0.15, 0.2) is 0 Å². The molecule has 3 aromatic heterocycles. The maximum Gasteiger partial charge on any atom is 0.295 e. The van der Waals surface area contributed by atoms with E-state index in [-0.39, 0.29) is 6.04 Å². The topological polar surface area (TPSA) is 70.5 Å². The summed E-state index contributed by atoms with van der Waals surface area (Å²) in [4.78, 5) is 35.2. The fourth-order valence-electron chi connectivity index (χ4n) is 3.53. The Kier molecular flexibility index (Phi) is 3.57. The molecule has 1 aliphatic carbocycles. The van der Waals surface area contributed by atoms with E-state index in [1.54, 1.807) is 17.3 Å². The first-order valence-corrected chi connectivity index (χ1v) is 9.05. The molecule has 1 fully saturated rings. The average molecular weight is 358 g/mol. The van der Waals surface area contributed by atoms with Crippen LogP contribution in [0.3, 0.4) is 0 Å². The van der Waals surface area contributed by atoms with Crippen LogP contribution in [0.25, 0.3) is 16.6 Å². The van der Waals surface area contributed by atoms with E-state index in [2.05, 4.69) is 9.97 Å². The van der Waals surface area contributed by atoms with Crippen LogP contribution in [0, 0.1) is 0 Å². The number of benzene rings is 1. The van der Waals surface area contributed by atoms with Gasteiger partial charge < -0.3 is 14.3 Å². The summed E-state index contributed by atoms with van der Waals surface area (Å²) < 4.78 is 1.96. The number of carbonyl (C=O) groups is 2. The van der Waals surface area contributed by atoms with Gasteiger partial charge in [-0.1, -0.05) is 24.3 Å². The Labute approximate surface area is 155 Å². The van der Waals surface area contributed by atoms with Gasteiger partial charge in [-0.15, -0.1) is 0 Å². The van der Waals surface area contributed by atoms with Crippen LogP contribution >= 0.6 is 0 Å². The van der Waals surface area contributed by atoms with Crippen molar-refractivity contribution in [3.8, 4) is 0 Å². The number of imidazole rings is 1. The number of Topliss-reactive ketones (excluding diaryl/α,β-unsaturated/α-hetero) is 1.